The van der Waals surface area contributed by atoms with Crippen LogP contribution in [0.1, 0.15) is 16.8 Å². The third-order valence-electron chi connectivity index (χ3n) is 2.70. The molecule has 0 spiro atoms. The Balaban J connectivity index is 2.91. The van der Waals surface area contributed by atoms with Gasteiger partial charge in [0.15, 0.2) is 17.5 Å². The van der Waals surface area contributed by atoms with Crippen LogP contribution in [-0.2, 0) is 4.74 Å². The van der Waals surface area contributed by atoms with Crippen molar-refractivity contribution in [2.24, 2.45) is 0 Å². The molecular formula is C13H16F3NO3. The first-order valence-corrected chi connectivity index (χ1v) is 6.05. The second-order valence-corrected chi connectivity index (χ2v) is 4.09. The average molecular weight is 291 g/mol. The molecule has 0 aromatic heterocycles. The highest BCUT2D eigenvalue weighted by Gasteiger charge is 2.22. The molecule has 1 rings (SSSR count). The molecule has 1 aromatic carbocycles. The molecule has 0 saturated heterocycles. The van der Waals surface area contributed by atoms with Crippen molar-refractivity contribution in [1.82, 2.24) is 4.90 Å². The fourth-order valence-electron chi connectivity index (χ4n) is 1.70. The predicted molar refractivity (Wildman–Crippen MR) is 65.8 cm³/mol. The number of aliphatic hydroxyl groups excluding tert-OH is 1. The Morgan fingerprint density at radius 1 is 1.25 bits per heavy atom. The number of halogens is 3. The summed E-state index contributed by atoms with van der Waals surface area (Å²) in [5.74, 6) is -5.36. The number of nitrogens with zero attached hydrogens (tertiary/aromatic N) is 1. The Hall–Kier alpha value is -1.60. The van der Waals surface area contributed by atoms with Gasteiger partial charge in [-0.3, -0.25) is 4.79 Å². The maximum atomic E-state index is 13.6. The lowest BCUT2D eigenvalue weighted by atomic mass is 10.1. The maximum Gasteiger partial charge on any atom is 0.257 e. The van der Waals surface area contributed by atoms with Crippen molar-refractivity contribution in [1.29, 1.82) is 0 Å². The first-order chi connectivity index (χ1) is 9.52. The van der Waals surface area contributed by atoms with E-state index in [0.29, 0.717) is 19.1 Å². The number of carbonyl (C=O) groups excluding carboxylic acids is 1. The van der Waals surface area contributed by atoms with Gasteiger partial charge in [-0.25, -0.2) is 13.2 Å². The summed E-state index contributed by atoms with van der Waals surface area (Å²) in [5, 5.41) is 8.90. The number of rotatable bonds is 7. The zero-order chi connectivity index (χ0) is 15.1. The smallest absolute Gasteiger partial charge is 0.257 e. The number of carbonyl (C=O) groups is 1. The van der Waals surface area contributed by atoms with Gasteiger partial charge in [0.05, 0.1) is 12.2 Å². The van der Waals surface area contributed by atoms with Gasteiger partial charge < -0.3 is 14.7 Å². The summed E-state index contributed by atoms with van der Waals surface area (Å²) < 4.78 is 44.3. The van der Waals surface area contributed by atoms with Crippen molar-refractivity contribution in [2.45, 2.75) is 6.42 Å². The highest BCUT2D eigenvalue weighted by atomic mass is 19.2. The molecule has 0 heterocycles. The lowest BCUT2D eigenvalue weighted by Crippen LogP contribution is -2.35. The van der Waals surface area contributed by atoms with E-state index in [4.69, 9.17) is 9.84 Å². The predicted octanol–water partition coefficient (Wildman–Crippen LogP) is 1.57. The molecule has 0 aliphatic carbocycles. The normalized spacial score (nSPS) is 10.7. The molecule has 0 unspecified atom stereocenters. The van der Waals surface area contributed by atoms with Crippen LogP contribution in [0.15, 0.2) is 12.1 Å². The van der Waals surface area contributed by atoms with Crippen molar-refractivity contribution in [2.75, 3.05) is 33.4 Å². The molecule has 20 heavy (non-hydrogen) atoms. The summed E-state index contributed by atoms with van der Waals surface area (Å²) in [6.45, 7) is 0.256. The van der Waals surface area contributed by atoms with Gasteiger partial charge in [0.1, 0.15) is 0 Å². The van der Waals surface area contributed by atoms with Crippen molar-refractivity contribution >= 4 is 5.91 Å². The molecule has 1 amide bonds. The molecular weight excluding hydrogens is 275 g/mol. The van der Waals surface area contributed by atoms with E-state index in [1.807, 2.05) is 0 Å². The molecule has 7 heteroatoms. The van der Waals surface area contributed by atoms with E-state index in [9.17, 15) is 18.0 Å². The fraction of sp³-hybridized carbons (Fsp3) is 0.462. The first kappa shape index (κ1) is 16.5. The Kier molecular flexibility index (Phi) is 6.47. The van der Waals surface area contributed by atoms with Crippen molar-refractivity contribution in [3.05, 3.63) is 35.1 Å². The zero-order valence-electron chi connectivity index (χ0n) is 11.0. The Bertz CT molecular complexity index is 468. The van der Waals surface area contributed by atoms with Crippen LogP contribution in [0, 0.1) is 17.5 Å². The monoisotopic (exact) mass is 291 g/mol. The largest absolute Gasteiger partial charge is 0.395 e. The van der Waals surface area contributed by atoms with Crippen LogP contribution in [0.3, 0.4) is 0 Å². The number of hydrogen-bond acceptors (Lipinski definition) is 3. The standard InChI is InChI=1S/C13H16F3NO3/c1-20-8-2-5-17(6-7-18)13(19)9-3-4-10(14)12(16)11(9)15/h3-4,18H,2,5-8H2,1H3. The van der Waals surface area contributed by atoms with Gasteiger partial charge in [-0.2, -0.15) is 0 Å². The van der Waals surface area contributed by atoms with E-state index in [1.54, 1.807) is 0 Å². The highest BCUT2D eigenvalue weighted by molar-refractivity contribution is 5.94. The maximum absolute atomic E-state index is 13.6. The molecule has 0 saturated carbocycles. The Labute approximate surface area is 114 Å². The SMILES string of the molecule is COCCCN(CCO)C(=O)c1ccc(F)c(F)c1F. The van der Waals surface area contributed by atoms with Gasteiger partial charge in [0.2, 0.25) is 0 Å². The lowest BCUT2D eigenvalue weighted by molar-refractivity contribution is 0.0695. The van der Waals surface area contributed by atoms with Gasteiger partial charge in [-0.1, -0.05) is 0 Å². The number of hydrogen-bond donors (Lipinski definition) is 1. The zero-order valence-corrected chi connectivity index (χ0v) is 11.0. The van der Waals surface area contributed by atoms with Crippen LogP contribution >= 0.6 is 0 Å². The van der Waals surface area contributed by atoms with E-state index in [0.717, 1.165) is 11.0 Å². The molecule has 1 aromatic rings. The van der Waals surface area contributed by atoms with Crippen LogP contribution in [0.5, 0.6) is 0 Å². The topological polar surface area (TPSA) is 49.8 Å². The summed E-state index contributed by atoms with van der Waals surface area (Å²) in [5.41, 5.74) is -0.560. The number of amides is 1. The molecule has 1 N–H and O–H groups in total. The van der Waals surface area contributed by atoms with Gasteiger partial charge >= 0.3 is 0 Å². The number of aliphatic hydroxyl groups is 1. The lowest BCUT2D eigenvalue weighted by Gasteiger charge is -2.22. The van der Waals surface area contributed by atoms with Gasteiger partial charge in [-0.15, -0.1) is 0 Å². The van der Waals surface area contributed by atoms with E-state index in [-0.39, 0.29) is 19.7 Å². The summed E-state index contributed by atoms with van der Waals surface area (Å²) in [6.07, 6.45) is 0.480. The number of methoxy groups -OCH3 is 1. The number of benzene rings is 1. The van der Waals surface area contributed by atoms with Crippen molar-refractivity contribution < 1.29 is 27.8 Å². The summed E-state index contributed by atoms with van der Waals surface area (Å²) in [4.78, 5) is 13.2. The minimum atomic E-state index is -1.68. The van der Waals surface area contributed by atoms with E-state index < -0.39 is 28.9 Å². The Morgan fingerprint density at radius 2 is 1.95 bits per heavy atom. The quantitative estimate of drug-likeness (QED) is 0.613. The van der Waals surface area contributed by atoms with Crippen LogP contribution in [0.2, 0.25) is 0 Å². The molecule has 0 fully saturated rings. The van der Waals surface area contributed by atoms with Crippen LogP contribution in [-0.4, -0.2) is 49.3 Å². The number of ether oxygens (including phenoxy) is 1. The van der Waals surface area contributed by atoms with Crippen LogP contribution < -0.4 is 0 Å². The van der Waals surface area contributed by atoms with Crippen LogP contribution in [0.4, 0.5) is 13.2 Å². The molecule has 112 valence electrons. The molecule has 0 atom stereocenters. The third kappa shape index (κ3) is 3.94. The molecule has 0 aliphatic heterocycles. The third-order valence-corrected chi connectivity index (χ3v) is 2.70. The fourth-order valence-corrected chi connectivity index (χ4v) is 1.70. The average Bonchev–Trinajstić information content (AvgIpc) is 2.43. The minimum absolute atomic E-state index is 0.0268. The molecule has 0 aliphatic rings. The summed E-state index contributed by atoms with van der Waals surface area (Å²) in [7, 11) is 1.49. The second kappa shape index (κ2) is 7.86. The van der Waals surface area contributed by atoms with Gasteiger partial charge in [-0.05, 0) is 18.6 Å². The molecule has 0 radical (unpaired) electrons. The highest BCUT2D eigenvalue weighted by Crippen LogP contribution is 2.17. The van der Waals surface area contributed by atoms with E-state index >= 15 is 0 Å². The van der Waals surface area contributed by atoms with Crippen LogP contribution in [0.25, 0.3) is 0 Å². The molecule has 0 bridgehead atoms. The summed E-state index contributed by atoms with van der Waals surface area (Å²) in [6, 6.07) is 1.58. The Morgan fingerprint density at radius 3 is 2.55 bits per heavy atom. The van der Waals surface area contributed by atoms with Crippen molar-refractivity contribution in [3.8, 4) is 0 Å². The van der Waals surface area contributed by atoms with Gasteiger partial charge in [0, 0.05) is 26.8 Å². The summed E-state index contributed by atoms with van der Waals surface area (Å²) >= 11 is 0. The van der Waals surface area contributed by atoms with Crippen molar-refractivity contribution in [3.63, 3.8) is 0 Å². The van der Waals surface area contributed by atoms with E-state index in [1.165, 1.54) is 7.11 Å². The minimum Gasteiger partial charge on any atom is -0.395 e. The van der Waals surface area contributed by atoms with Gasteiger partial charge in [0.25, 0.3) is 5.91 Å². The van der Waals surface area contributed by atoms with E-state index in [2.05, 4.69) is 0 Å². The second-order valence-electron chi connectivity index (χ2n) is 4.09. The first-order valence-electron chi connectivity index (χ1n) is 6.05. The molecule has 4 nitrogen and oxygen atoms in total.